The van der Waals surface area contributed by atoms with Crippen molar-refractivity contribution in [3.8, 4) is 5.69 Å². The molecule has 0 unspecified atom stereocenters. The molecule has 0 atom stereocenters. The van der Waals surface area contributed by atoms with Gasteiger partial charge in [-0.3, -0.25) is 4.57 Å². The van der Waals surface area contributed by atoms with Gasteiger partial charge in [0.1, 0.15) is 6.33 Å². The van der Waals surface area contributed by atoms with Gasteiger partial charge in [-0.2, -0.15) is 0 Å². The molecule has 1 fully saturated rings. The summed E-state index contributed by atoms with van der Waals surface area (Å²) in [5.41, 5.74) is 3.32. The Kier molecular flexibility index (Phi) is 4.83. The maximum absolute atomic E-state index is 5.51. The highest BCUT2D eigenvalue weighted by molar-refractivity contribution is 5.32. The van der Waals surface area contributed by atoms with Gasteiger partial charge >= 0.3 is 0 Å². The average molecular weight is 336 g/mol. The topological polar surface area (TPSA) is 61.2 Å². The van der Waals surface area contributed by atoms with E-state index in [0.717, 1.165) is 23.6 Å². The summed E-state index contributed by atoms with van der Waals surface area (Å²) in [6.45, 7) is 2.73. The van der Waals surface area contributed by atoms with E-state index in [4.69, 9.17) is 9.47 Å². The van der Waals surface area contributed by atoms with Crippen molar-refractivity contribution in [3.05, 3.63) is 77.9 Å². The molecule has 128 valence electrons. The van der Waals surface area contributed by atoms with Crippen LogP contribution in [-0.2, 0) is 22.6 Å². The fourth-order valence-corrected chi connectivity index (χ4v) is 2.85. The van der Waals surface area contributed by atoms with Gasteiger partial charge in [0.15, 0.2) is 12.1 Å². The third kappa shape index (κ3) is 3.76. The lowest BCUT2D eigenvalue weighted by atomic mass is 10.1. The second-order valence-corrected chi connectivity index (χ2v) is 5.87. The molecule has 25 heavy (non-hydrogen) atoms. The normalized spacial score (nSPS) is 14.9. The fraction of sp³-hybridized carbons (Fsp3) is 0.263. The first-order valence-corrected chi connectivity index (χ1v) is 8.37. The quantitative estimate of drug-likeness (QED) is 0.750. The highest BCUT2D eigenvalue weighted by atomic mass is 16.7. The Bertz CT molecular complexity index is 796. The molecule has 0 radical (unpaired) electrons. The summed E-state index contributed by atoms with van der Waals surface area (Å²) in [5, 5.41) is 11.7. The summed E-state index contributed by atoms with van der Waals surface area (Å²) >= 11 is 0. The van der Waals surface area contributed by atoms with Crippen molar-refractivity contribution in [2.24, 2.45) is 0 Å². The lowest BCUT2D eigenvalue weighted by Gasteiger charge is -2.11. The van der Waals surface area contributed by atoms with Crippen molar-refractivity contribution in [2.45, 2.75) is 19.4 Å². The molecule has 1 aliphatic heterocycles. The van der Waals surface area contributed by atoms with Crippen molar-refractivity contribution in [2.75, 3.05) is 13.2 Å². The number of hydrogen-bond donors (Lipinski definition) is 1. The molecule has 3 aromatic rings. The van der Waals surface area contributed by atoms with E-state index < -0.39 is 0 Å². The molecule has 0 bridgehead atoms. The van der Waals surface area contributed by atoms with Gasteiger partial charge in [0, 0.05) is 17.8 Å². The summed E-state index contributed by atoms with van der Waals surface area (Å²) in [6.07, 6.45) is 1.52. The van der Waals surface area contributed by atoms with E-state index in [1.54, 1.807) is 6.33 Å². The predicted octanol–water partition coefficient (Wildman–Crippen LogP) is 2.60. The molecule has 2 aromatic carbocycles. The van der Waals surface area contributed by atoms with Crippen LogP contribution in [0.2, 0.25) is 0 Å². The fourth-order valence-electron chi connectivity index (χ4n) is 2.85. The zero-order valence-electron chi connectivity index (χ0n) is 13.8. The number of nitrogens with one attached hydrogen (secondary N) is 1. The highest BCUT2D eigenvalue weighted by Crippen LogP contribution is 2.23. The number of aromatic nitrogens is 3. The first-order chi connectivity index (χ1) is 12.4. The van der Waals surface area contributed by atoms with Crippen molar-refractivity contribution in [3.63, 3.8) is 0 Å². The Morgan fingerprint density at radius 1 is 0.960 bits per heavy atom. The Labute approximate surface area is 146 Å². The molecule has 0 spiro atoms. The van der Waals surface area contributed by atoms with Crippen LogP contribution in [0.3, 0.4) is 0 Å². The summed E-state index contributed by atoms with van der Waals surface area (Å²) in [4.78, 5) is 0. The maximum Gasteiger partial charge on any atom is 0.184 e. The SMILES string of the molecule is c1ccc(-n2cnnc2CNCc2ccc(C3OCCO3)cc2)cc1. The zero-order chi connectivity index (χ0) is 16.9. The van der Waals surface area contributed by atoms with Crippen LogP contribution in [0.4, 0.5) is 0 Å². The molecule has 1 aliphatic rings. The molecule has 6 heteroatoms. The van der Waals surface area contributed by atoms with E-state index in [0.29, 0.717) is 19.8 Å². The number of rotatable bonds is 6. The average Bonchev–Trinajstić information content (AvgIpc) is 3.35. The van der Waals surface area contributed by atoms with Gasteiger partial charge in [0.25, 0.3) is 0 Å². The highest BCUT2D eigenvalue weighted by Gasteiger charge is 2.17. The summed E-state index contributed by atoms with van der Waals surface area (Å²) in [7, 11) is 0. The second-order valence-electron chi connectivity index (χ2n) is 5.87. The Morgan fingerprint density at radius 3 is 2.48 bits per heavy atom. The third-order valence-electron chi connectivity index (χ3n) is 4.14. The monoisotopic (exact) mass is 336 g/mol. The van der Waals surface area contributed by atoms with Crippen molar-refractivity contribution in [1.82, 2.24) is 20.1 Å². The van der Waals surface area contributed by atoms with Crippen molar-refractivity contribution in [1.29, 1.82) is 0 Å². The van der Waals surface area contributed by atoms with E-state index in [1.807, 2.05) is 34.9 Å². The Balaban J connectivity index is 1.35. The van der Waals surface area contributed by atoms with Crippen LogP contribution in [0, 0.1) is 0 Å². The number of nitrogens with zero attached hydrogens (tertiary/aromatic N) is 3. The van der Waals surface area contributed by atoms with Crippen LogP contribution >= 0.6 is 0 Å². The minimum absolute atomic E-state index is 0.216. The third-order valence-corrected chi connectivity index (χ3v) is 4.14. The first-order valence-electron chi connectivity index (χ1n) is 8.37. The van der Waals surface area contributed by atoms with Crippen LogP contribution in [0.1, 0.15) is 23.2 Å². The van der Waals surface area contributed by atoms with Crippen LogP contribution in [-0.4, -0.2) is 28.0 Å². The molecule has 0 saturated carbocycles. The standard InChI is InChI=1S/C19H20N4O2/c1-2-4-17(5-3-1)23-14-21-22-18(23)13-20-12-15-6-8-16(9-7-15)19-24-10-11-25-19/h1-9,14,19-20H,10-13H2. The van der Waals surface area contributed by atoms with E-state index in [1.165, 1.54) is 5.56 Å². The van der Waals surface area contributed by atoms with Gasteiger partial charge in [-0.1, -0.05) is 42.5 Å². The molecule has 0 aliphatic carbocycles. The zero-order valence-corrected chi connectivity index (χ0v) is 13.8. The largest absolute Gasteiger partial charge is 0.346 e. The first kappa shape index (κ1) is 16.0. The Hall–Kier alpha value is -2.54. The number of para-hydroxylation sites is 1. The van der Waals surface area contributed by atoms with Gasteiger partial charge in [-0.15, -0.1) is 10.2 Å². The van der Waals surface area contributed by atoms with Crippen molar-refractivity contribution < 1.29 is 9.47 Å². The molecular formula is C19H20N4O2. The van der Waals surface area contributed by atoms with E-state index in [2.05, 4.69) is 39.8 Å². The summed E-state index contributed by atoms with van der Waals surface area (Å²) in [6, 6.07) is 18.4. The van der Waals surface area contributed by atoms with Crippen LogP contribution < -0.4 is 5.32 Å². The van der Waals surface area contributed by atoms with Gasteiger partial charge in [0.2, 0.25) is 0 Å². The minimum Gasteiger partial charge on any atom is -0.346 e. The lowest BCUT2D eigenvalue weighted by molar-refractivity contribution is -0.0441. The predicted molar refractivity (Wildman–Crippen MR) is 93.0 cm³/mol. The molecule has 1 saturated heterocycles. The second kappa shape index (κ2) is 7.57. The molecule has 0 amide bonds. The van der Waals surface area contributed by atoms with Gasteiger partial charge in [-0.25, -0.2) is 0 Å². The van der Waals surface area contributed by atoms with Crippen LogP contribution in [0.15, 0.2) is 60.9 Å². The van der Waals surface area contributed by atoms with E-state index in [9.17, 15) is 0 Å². The molecule has 1 aromatic heterocycles. The van der Waals surface area contributed by atoms with E-state index >= 15 is 0 Å². The van der Waals surface area contributed by atoms with Gasteiger partial charge in [0.05, 0.1) is 19.8 Å². The minimum atomic E-state index is -0.216. The molecule has 6 nitrogen and oxygen atoms in total. The molecule has 4 rings (SSSR count). The smallest absolute Gasteiger partial charge is 0.184 e. The summed E-state index contributed by atoms with van der Waals surface area (Å²) < 4.78 is 13.0. The lowest BCUT2D eigenvalue weighted by Crippen LogP contribution is -2.16. The maximum atomic E-state index is 5.51. The number of hydrogen-bond acceptors (Lipinski definition) is 5. The number of benzene rings is 2. The summed E-state index contributed by atoms with van der Waals surface area (Å²) in [5.74, 6) is 0.885. The van der Waals surface area contributed by atoms with Gasteiger partial charge in [-0.05, 0) is 17.7 Å². The van der Waals surface area contributed by atoms with Crippen LogP contribution in [0.5, 0.6) is 0 Å². The van der Waals surface area contributed by atoms with Gasteiger partial charge < -0.3 is 14.8 Å². The number of ether oxygens (including phenoxy) is 2. The van der Waals surface area contributed by atoms with Crippen molar-refractivity contribution >= 4 is 0 Å². The molecular weight excluding hydrogens is 316 g/mol. The Morgan fingerprint density at radius 2 is 1.72 bits per heavy atom. The van der Waals surface area contributed by atoms with Crippen LogP contribution in [0.25, 0.3) is 5.69 Å². The molecule has 2 heterocycles. The van der Waals surface area contributed by atoms with E-state index in [-0.39, 0.29) is 6.29 Å². The molecule has 1 N–H and O–H groups in total.